The number of benzene rings is 2. The van der Waals surface area contributed by atoms with E-state index in [-0.39, 0.29) is 36.6 Å². The van der Waals surface area contributed by atoms with Crippen LogP contribution in [0.4, 0.5) is 24.5 Å². The number of hydrogen-bond acceptors (Lipinski definition) is 5. The topological polar surface area (TPSA) is 97.0 Å². The molecule has 11 heteroatoms. The Morgan fingerprint density at radius 3 is 2.61 bits per heavy atom. The smallest absolute Gasteiger partial charge is 0.416 e. The van der Waals surface area contributed by atoms with Crippen molar-refractivity contribution < 1.29 is 37.0 Å². The van der Waals surface area contributed by atoms with Crippen LogP contribution in [-0.4, -0.2) is 50.1 Å². The molecule has 2 aromatic rings. The van der Waals surface area contributed by atoms with Gasteiger partial charge in [0.15, 0.2) is 6.61 Å². The van der Waals surface area contributed by atoms with Crippen LogP contribution >= 0.6 is 0 Å². The van der Waals surface area contributed by atoms with Crippen molar-refractivity contribution in [2.24, 2.45) is 5.92 Å². The van der Waals surface area contributed by atoms with Gasteiger partial charge < -0.3 is 25.0 Å². The Kier molecular flexibility index (Phi) is 7.78. The summed E-state index contributed by atoms with van der Waals surface area (Å²) in [5.74, 6) is -1.07. The van der Waals surface area contributed by atoms with Gasteiger partial charge in [-0.2, -0.15) is 13.2 Å². The van der Waals surface area contributed by atoms with Crippen LogP contribution in [0.3, 0.4) is 0 Å². The Morgan fingerprint density at radius 2 is 1.92 bits per heavy atom. The van der Waals surface area contributed by atoms with Crippen LogP contribution in [0.25, 0.3) is 0 Å². The average Bonchev–Trinajstić information content (AvgIpc) is 3.51. The highest BCUT2D eigenvalue weighted by atomic mass is 19.4. The highest BCUT2D eigenvalue weighted by Gasteiger charge is 2.35. The molecule has 0 bridgehead atoms. The average molecular weight is 505 g/mol. The molecule has 36 heavy (non-hydrogen) atoms. The van der Waals surface area contributed by atoms with Crippen molar-refractivity contribution >= 4 is 29.1 Å². The third-order valence-electron chi connectivity index (χ3n) is 6.02. The number of alkyl halides is 3. The summed E-state index contributed by atoms with van der Waals surface area (Å²) in [7, 11) is 0. The lowest BCUT2D eigenvalue weighted by Gasteiger charge is -2.18. The summed E-state index contributed by atoms with van der Waals surface area (Å²) in [6.45, 7) is 0.994. The molecule has 4 rings (SSSR count). The molecule has 192 valence electrons. The molecule has 2 atom stereocenters. The van der Waals surface area contributed by atoms with E-state index in [0.717, 1.165) is 25.0 Å². The minimum absolute atomic E-state index is 0.00989. The number of nitrogens with zero attached hydrogens (tertiary/aromatic N) is 1. The summed E-state index contributed by atoms with van der Waals surface area (Å²) in [4.78, 5) is 38.6. The molecule has 2 saturated heterocycles. The van der Waals surface area contributed by atoms with Crippen LogP contribution < -0.4 is 20.3 Å². The van der Waals surface area contributed by atoms with Crippen molar-refractivity contribution in [3.63, 3.8) is 0 Å². The second-order valence-corrected chi connectivity index (χ2v) is 8.69. The molecule has 0 aromatic heterocycles. The van der Waals surface area contributed by atoms with Crippen molar-refractivity contribution in [1.82, 2.24) is 5.32 Å². The van der Waals surface area contributed by atoms with Gasteiger partial charge in [0, 0.05) is 37.5 Å². The number of nitrogens with one attached hydrogen (secondary N) is 2. The molecule has 2 aliphatic rings. The van der Waals surface area contributed by atoms with Gasteiger partial charge in [-0.05, 0) is 55.3 Å². The summed E-state index contributed by atoms with van der Waals surface area (Å²) < 4.78 is 49.3. The fraction of sp³-hybridized carbons (Fsp3) is 0.400. The van der Waals surface area contributed by atoms with Crippen molar-refractivity contribution in [2.45, 2.75) is 31.5 Å². The number of hydrogen-bond donors (Lipinski definition) is 2. The Hall–Kier alpha value is -3.60. The first-order chi connectivity index (χ1) is 17.2. The number of ether oxygens (including phenoxy) is 2. The fourth-order valence-corrected chi connectivity index (χ4v) is 4.14. The third-order valence-corrected chi connectivity index (χ3v) is 6.02. The SMILES string of the molecule is O=C(COc1ccc(N2C[C@@H](C(=O)NC[C@@H]3CCCO3)CC2=O)cc1)Nc1cccc(C(F)(F)F)c1. The van der Waals surface area contributed by atoms with Gasteiger partial charge in [-0.1, -0.05) is 6.07 Å². The summed E-state index contributed by atoms with van der Waals surface area (Å²) >= 11 is 0. The van der Waals surface area contributed by atoms with Crippen LogP contribution in [0.2, 0.25) is 0 Å². The quantitative estimate of drug-likeness (QED) is 0.574. The van der Waals surface area contributed by atoms with Crippen molar-refractivity contribution in [1.29, 1.82) is 0 Å². The third kappa shape index (κ3) is 6.54. The lowest BCUT2D eigenvalue weighted by atomic mass is 10.1. The van der Waals surface area contributed by atoms with Gasteiger partial charge in [-0.15, -0.1) is 0 Å². The molecule has 2 fully saturated rings. The van der Waals surface area contributed by atoms with Gasteiger partial charge in [0.25, 0.3) is 5.91 Å². The standard InChI is InChI=1S/C25H26F3N3O5/c26-25(27,28)17-3-1-4-18(12-17)30-22(32)15-36-20-8-6-19(7-9-20)31-14-16(11-23(31)33)24(34)29-13-21-5-2-10-35-21/h1,3-4,6-9,12,16,21H,2,5,10-11,13-15H2,(H,29,34)(H,30,32)/t16-,21-/m0/s1. The molecular weight excluding hydrogens is 479 g/mol. The van der Waals surface area contributed by atoms with Gasteiger partial charge in [-0.25, -0.2) is 0 Å². The van der Waals surface area contributed by atoms with Crippen LogP contribution in [0.15, 0.2) is 48.5 Å². The lowest BCUT2D eigenvalue weighted by molar-refractivity contribution is -0.137. The maximum atomic E-state index is 12.8. The molecule has 0 unspecified atom stereocenters. The lowest BCUT2D eigenvalue weighted by Crippen LogP contribution is -2.37. The molecule has 0 radical (unpaired) electrons. The van der Waals surface area contributed by atoms with E-state index >= 15 is 0 Å². The van der Waals surface area contributed by atoms with E-state index in [4.69, 9.17) is 9.47 Å². The molecule has 0 saturated carbocycles. The first-order valence-electron chi connectivity index (χ1n) is 11.6. The number of halogens is 3. The van der Waals surface area contributed by atoms with Crippen molar-refractivity contribution in [2.75, 3.05) is 36.5 Å². The zero-order valence-electron chi connectivity index (χ0n) is 19.3. The highest BCUT2D eigenvalue weighted by molar-refractivity contribution is 6.00. The second kappa shape index (κ2) is 11.0. The van der Waals surface area contributed by atoms with Crippen LogP contribution in [-0.2, 0) is 25.3 Å². The summed E-state index contributed by atoms with van der Waals surface area (Å²) in [5, 5.41) is 5.23. The van der Waals surface area contributed by atoms with E-state index in [9.17, 15) is 27.6 Å². The molecule has 0 aliphatic carbocycles. The molecule has 2 N–H and O–H groups in total. The molecule has 0 spiro atoms. The zero-order valence-corrected chi connectivity index (χ0v) is 19.3. The van der Waals surface area contributed by atoms with E-state index in [1.165, 1.54) is 17.0 Å². The van der Waals surface area contributed by atoms with Gasteiger partial charge in [0.05, 0.1) is 17.6 Å². The maximum Gasteiger partial charge on any atom is 0.416 e. The molecule has 8 nitrogen and oxygen atoms in total. The highest BCUT2D eigenvalue weighted by Crippen LogP contribution is 2.31. The number of carbonyl (C=O) groups is 3. The predicted molar refractivity (Wildman–Crippen MR) is 124 cm³/mol. The Bertz CT molecular complexity index is 1100. The minimum atomic E-state index is -4.51. The normalized spacial score (nSPS) is 19.9. The largest absolute Gasteiger partial charge is 0.484 e. The number of anilines is 2. The monoisotopic (exact) mass is 505 g/mol. The zero-order chi connectivity index (χ0) is 25.7. The van der Waals surface area contributed by atoms with E-state index in [0.29, 0.717) is 24.6 Å². The first kappa shape index (κ1) is 25.5. The Morgan fingerprint density at radius 1 is 1.14 bits per heavy atom. The van der Waals surface area contributed by atoms with Gasteiger partial charge >= 0.3 is 6.18 Å². The van der Waals surface area contributed by atoms with E-state index in [1.54, 1.807) is 24.3 Å². The van der Waals surface area contributed by atoms with Gasteiger partial charge in [0.2, 0.25) is 11.8 Å². The fourth-order valence-electron chi connectivity index (χ4n) is 4.14. The van der Waals surface area contributed by atoms with Crippen LogP contribution in [0, 0.1) is 5.92 Å². The Balaban J connectivity index is 1.25. The number of amides is 3. The van der Waals surface area contributed by atoms with E-state index in [1.807, 2.05) is 0 Å². The molecule has 2 aromatic carbocycles. The van der Waals surface area contributed by atoms with E-state index in [2.05, 4.69) is 10.6 Å². The molecular formula is C25H26F3N3O5. The molecule has 3 amide bonds. The maximum absolute atomic E-state index is 12.8. The predicted octanol–water partition coefficient (Wildman–Crippen LogP) is 3.37. The molecule has 2 heterocycles. The van der Waals surface area contributed by atoms with E-state index < -0.39 is 30.2 Å². The van der Waals surface area contributed by atoms with Crippen molar-refractivity contribution in [3.8, 4) is 5.75 Å². The van der Waals surface area contributed by atoms with Gasteiger partial charge in [-0.3, -0.25) is 14.4 Å². The van der Waals surface area contributed by atoms with Gasteiger partial charge in [0.1, 0.15) is 5.75 Å². The summed E-state index contributed by atoms with van der Waals surface area (Å²) in [6, 6.07) is 10.8. The molecule has 2 aliphatic heterocycles. The van der Waals surface area contributed by atoms with Crippen molar-refractivity contribution in [3.05, 3.63) is 54.1 Å². The first-order valence-corrected chi connectivity index (χ1v) is 11.6. The Labute approximate surface area is 205 Å². The second-order valence-electron chi connectivity index (χ2n) is 8.69. The number of carbonyl (C=O) groups excluding carboxylic acids is 3. The van der Waals surface area contributed by atoms with Crippen LogP contribution in [0.1, 0.15) is 24.8 Å². The summed E-state index contributed by atoms with van der Waals surface area (Å²) in [6.07, 6.45) is -2.47. The minimum Gasteiger partial charge on any atom is -0.484 e. The summed E-state index contributed by atoms with van der Waals surface area (Å²) in [5.41, 5.74) is -0.262. The number of rotatable bonds is 8. The van der Waals surface area contributed by atoms with Crippen LogP contribution in [0.5, 0.6) is 5.75 Å².